The molecule has 4 rings (SSSR count). The van der Waals surface area contributed by atoms with Crippen LogP contribution in [-0.4, -0.2) is 10.1 Å². The van der Waals surface area contributed by atoms with Gasteiger partial charge >= 0.3 is 0 Å². The second kappa shape index (κ2) is 7.41. The van der Waals surface area contributed by atoms with Crippen molar-refractivity contribution in [3.63, 3.8) is 0 Å². The van der Waals surface area contributed by atoms with Gasteiger partial charge in [-0.15, -0.1) is 0 Å². The van der Waals surface area contributed by atoms with Crippen LogP contribution in [0.5, 0.6) is 5.88 Å². The second-order valence-electron chi connectivity index (χ2n) is 6.72. The third-order valence-electron chi connectivity index (χ3n) is 4.74. The molecule has 0 amide bonds. The summed E-state index contributed by atoms with van der Waals surface area (Å²) in [6, 6.07) is 23.6. The van der Waals surface area contributed by atoms with Gasteiger partial charge in [-0.1, -0.05) is 84.1 Å². The van der Waals surface area contributed by atoms with Gasteiger partial charge in [0.1, 0.15) is 10.6 Å². The lowest BCUT2D eigenvalue weighted by molar-refractivity contribution is 0.457. The van der Waals surface area contributed by atoms with E-state index in [4.69, 9.17) is 0 Å². The highest BCUT2D eigenvalue weighted by Crippen LogP contribution is 2.35. The highest BCUT2D eigenvalue weighted by molar-refractivity contribution is 7.12. The van der Waals surface area contributed by atoms with Gasteiger partial charge in [-0.2, -0.15) is 0 Å². The number of nitrogens with zero attached hydrogens (tertiary/aromatic N) is 1. The van der Waals surface area contributed by atoms with E-state index in [1.165, 1.54) is 0 Å². The zero-order chi connectivity index (χ0) is 19.7. The van der Waals surface area contributed by atoms with Crippen LogP contribution in [0.2, 0.25) is 0 Å². The lowest BCUT2D eigenvalue weighted by Gasteiger charge is -2.14. The minimum absolute atomic E-state index is 0.190. The first-order chi connectivity index (χ1) is 13.5. The molecule has 3 nitrogen and oxygen atoms in total. The Morgan fingerprint density at radius 3 is 1.82 bits per heavy atom. The molecule has 138 valence electrons. The molecule has 1 N–H and O–H groups in total. The van der Waals surface area contributed by atoms with Crippen LogP contribution in [0.1, 0.15) is 11.1 Å². The summed E-state index contributed by atoms with van der Waals surface area (Å²) in [5.41, 5.74) is 5.93. The lowest BCUT2D eigenvalue weighted by Crippen LogP contribution is -2.05. The van der Waals surface area contributed by atoms with Crippen LogP contribution in [0.25, 0.3) is 32.8 Å². The van der Waals surface area contributed by atoms with E-state index in [2.05, 4.69) is 17.1 Å². The number of benzene rings is 3. The number of aromatic nitrogens is 1. The molecule has 0 bridgehead atoms. The second-order valence-corrected chi connectivity index (χ2v) is 7.68. The van der Waals surface area contributed by atoms with E-state index in [1.807, 2.05) is 74.5 Å². The van der Waals surface area contributed by atoms with Crippen molar-refractivity contribution in [2.45, 2.75) is 13.8 Å². The predicted molar refractivity (Wildman–Crippen MR) is 116 cm³/mol. The maximum atomic E-state index is 12.9. The first-order valence-electron chi connectivity index (χ1n) is 9.01. The van der Waals surface area contributed by atoms with Crippen molar-refractivity contribution in [2.75, 3.05) is 0 Å². The van der Waals surface area contributed by atoms with Gasteiger partial charge in [-0.05, 0) is 41.7 Å². The molecular weight excluding hydrogens is 366 g/mol. The molecule has 0 fully saturated rings. The fourth-order valence-corrected chi connectivity index (χ4v) is 4.34. The van der Waals surface area contributed by atoms with Crippen LogP contribution in [0.4, 0.5) is 0 Å². The molecule has 0 atom stereocenters. The SMILES string of the molecule is Cc1cc(-c2ccccc2)cc(C)c1-c1c(O)nc(-c2ccccc2)sc1=O. The molecular formula is C24H19NO2S. The fraction of sp³-hybridized carbons (Fsp3) is 0.0833. The lowest BCUT2D eigenvalue weighted by atomic mass is 9.92. The van der Waals surface area contributed by atoms with Crippen LogP contribution in [0, 0.1) is 13.8 Å². The minimum atomic E-state index is -0.221. The summed E-state index contributed by atoms with van der Waals surface area (Å²) >= 11 is 1.06. The number of aromatic hydroxyl groups is 1. The predicted octanol–water partition coefficient (Wildman–Crippen LogP) is 5.83. The Labute approximate surface area is 167 Å². The Bertz CT molecular complexity index is 1180. The molecule has 0 saturated carbocycles. The van der Waals surface area contributed by atoms with Crippen molar-refractivity contribution in [3.8, 4) is 38.7 Å². The third kappa shape index (κ3) is 3.35. The first kappa shape index (κ1) is 18.1. The topological polar surface area (TPSA) is 50.2 Å². The molecule has 1 heterocycles. The molecule has 0 saturated heterocycles. The quantitative estimate of drug-likeness (QED) is 0.483. The Kier molecular flexibility index (Phi) is 4.80. The number of rotatable bonds is 3. The normalized spacial score (nSPS) is 10.8. The maximum absolute atomic E-state index is 12.9. The average molecular weight is 385 g/mol. The van der Waals surface area contributed by atoms with Crippen LogP contribution < -0.4 is 4.74 Å². The van der Waals surface area contributed by atoms with Crippen molar-refractivity contribution in [1.82, 2.24) is 4.98 Å². The van der Waals surface area contributed by atoms with E-state index >= 15 is 0 Å². The van der Waals surface area contributed by atoms with E-state index in [1.54, 1.807) is 0 Å². The van der Waals surface area contributed by atoms with E-state index in [9.17, 15) is 9.90 Å². The summed E-state index contributed by atoms with van der Waals surface area (Å²) in [4.78, 5) is 17.2. The molecule has 0 radical (unpaired) electrons. The summed E-state index contributed by atoms with van der Waals surface area (Å²) < 4.78 is -0.190. The highest BCUT2D eigenvalue weighted by Gasteiger charge is 2.19. The summed E-state index contributed by atoms with van der Waals surface area (Å²) in [5, 5.41) is 11.1. The number of hydrogen-bond acceptors (Lipinski definition) is 4. The Hall–Kier alpha value is -3.24. The third-order valence-corrected chi connectivity index (χ3v) is 5.64. The first-order valence-corrected chi connectivity index (χ1v) is 9.83. The molecule has 3 aromatic carbocycles. The Balaban J connectivity index is 1.85. The molecule has 0 spiro atoms. The van der Waals surface area contributed by atoms with Crippen LogP contribution in [0.3, 0.4) is 0 Å². The summed E-state index contributed by atoms with van der Waals surface area (Å²) in [7, 11) is 0. The molecule has 4 aromatic rings. The number of hydrogen-bond donors (Lipinski definition) is 1. The molecule has 1 aromatic heterocycles. The molecule has 0 aliphatic carbocycles. The smallest absolute Gasteiger partial charge is 0.247 e. The Morgan fingerprint density at radius 1 is 0.750 bits per heavy atom. The highest BCUT2D eigenvalue weighted by atomic mass is 32.1. The molecule has 0 aliphatic heterocycles. The van der Waals surface area contributed by atoms with Gasteiger partial charge in [0.15, 0.2) is 0 Å². The van der Waals surface area contributed by atoms with Gasteiger partial charge in [0.05, 0.1) is 0 Å². The van der Waals surface area contributed by atoms with Gasteiger partial charge in [0, 0.05) is 5.56 Å². The van der Waals surface area contributed by atoms with Crippen molar-refractivity contribution < 1.29 is 5.11 Å². The van der Waals surface area contributed by atoms with Crippen molar-refractivity contribution in [2.24, 2.45) is 0 Å². The van der Waals surface area contributed by atoms with Gasteiger partial charge in [0.2, 0.25) is 10.6 Å². The zero-order valence-electron chi connectivity index (χ0n) is 15.6. The molecule has 0 aliphatic rings. The van der Waals surface area contributed by atoms with E-state index in [0.717, 1.165) is 44.7 Å². The number of aryl methyl sites for hydroxylation is 2. The summed E-state index contributed by atoms with van der Waals surface area (Å²) in [6.07, 6.45) is 0. The van der Waals surface area contributed by atoms with E-state index in [-0.39, 0.29) is 16.2 Å². The van der Waals surface area contributed by atoms with Crippen LogP contribution >= 0.6 is 11.3 Å². The standard InChI is InChI=1S/C24H19NO2S/c1-15-13-19(17-9-5-3-6-10-17)14-16(2)20(15)21-22(26)25-23(28-24(21)27)18-11-7-4-8-12-18/h3-14,26H,1-2H3. The van der Waals surface area contributed by atoms with Gasteiger partial charge in [0.25, 0.3) is 0 Å². The van der Waals surface area contributed by atoms with Gasteiger partial charge in [-0.25, -0.2) is 4.98 Å². The van der Waals surface area contributed by atoms with Crippen molar-refractivity contribution >= 4 is 11.3 Å². The monoisotopic (exact) mass is 385 g/mol. The van der Waals surface area contributed by atoms with Crippen LogP contribution in [-0.2, 0) is 0 Å². The molecule has 28 heavy (non-hydrogen) atoms. The van der Waals surface area contributed by atoms with Gasteiger partial charge in [-0.3, -0.25) is 4.79 Å². The van der Waals surface area contributed by atoms with Crippen LogP contribution in [0.15, 0.2) is 77.6 Å². The zero-order valence-corrected chi connectivity index (χ0v) is 16.5. The maximum Gasteiger partial charge on any atom is 0.247 e. The minimum Gasteiger partial charge on any atom is -0.493 e. The van der Waals surface area contributed by atoms with Gasteiger partial charge < -0.3 is 5.11 Å². The summed E-state index contributed by atoms with van der Waals surface area (Å²) in [6.45, 7) is 3.92. The largest absolute Gasteiger partial charge is 0.493 e. The molecule has 4 heteroatoms. The molecule has 0 unspecified atom stereocenters. The van der Waals surface area contributed by atoms with E-state index < -0.39 is 0 Å². The fourth-order valence-electron chi connectivity index (χ4n) is 3.48. The summed E-state index contributed by atoms with van der Waals surface area (Å²) in [5.74, 6) is -0.221. The van der Waals surface area contributed by atoms with Crippen molar-refractivity contribution in [3.05, 3.63) is 93.5 Å². The average Bonchev–Trinajstić information content (AvgIpc) is 2.70. The Morgan fingerprint density at radius 2 is 1.29 bits per heavy atom. The van der Waals surface area contributed by atoms with Crippen molar-refractivity contribution in [1.29, 1.82) is 0 Å². The van der Waals surface area contributed by atoms with E-state index in [0.29, 0.717) is 5.01 Å².